The normalized spacial score (nSPS) is 14.5. The summed E-state index contributed by atoms with van der Waals surface area (Å²) in [4.78, 5) is 40.7. The number of benzene rings is 1. The van der Waals surface area contributed by atoms with E-state index < -0.39 is 0 Å². The van der Waals surface area contributed by atoms with E-state index >= 15 is 0 Å². The van der Waals surface area contributed by atoms with Gasteiger partial charge < -0.3 is 15.1 Å². The highest BCUT2D eigenvalue weighted by molar-refractivity contribution is 7.18. The Morgan fingerprint density at radius 1 is 1.12 bits per heavy atom. The third-order valence-corrected chi connectivity index (χ3v) is 7.84. The van der Waals surface area contributed by atoms with Crippen molar-refractivity contribution in [1.82, 2.24) is 14.9 Å². The fourth-order valence-corrected chi connectivity index (χ4v) is 5.41. The minimum Gasteiger partial charge on any atom is -0.356 e. The van der Waals surface area contributed by atoms with Crippen LogP contribution >= 0.6 is 11.3 Å². The van der Waals surface area contributed by atoms with Crippen molar-refractivity contribution < 1.29 is 9.59 Å². The van der Waals surface area contributed by atoms with Crippen molar-refractivity contribution in [2.75, 3.05) is 36.9 Å². The van der Waals surface area contributed by atoms with Crippen LogP contribution < -0.4 is 10.2 Å². The Bertz CT molecular complexity index is 1200. The zero-order valence-electron chi connectivity index (χ0n) is 19.9. The molecule has 0 saturated carbocycles. The summed E-state index contributed by atoms with van der Waals surface area (Å²) in [7, 11) is 1.71. The number of piperidine rings is 1. The summed E-state index contributed by atoms with van der Waals surface area (Å²) >= 11 is 1.70. The van der Waals surface area contributed by atoms with Crippen molar-refractivity contribution in [3.8, 4) is 0 Å². The van der Waals surface area contributed by atoms with E-state index in [-0.39, 0.29) is 24.3 Å². The first-order chi connectivity index (χ1) is 15.8. The molecule has 1 fully saturated rings. The molecule has 4 rings (SSSR count). The van der Waals surface area contributed by atoms with Gasteiger partial charge in [0.15, 0.2) is 0 Å². The number of aryl methyl sites for hydroxylation is 3. The van der Waals surface area contributed by atoms with Gasteiger partial charge in [-0.2, -0.15) is 0 Å². The lowest BCUT2D eigenvalue weighted by Crippen LogP contribution is -2.43. The molecule has 1 saturated heterocycles. The van der Waals surface area contributed by atoms with Crippen molar-refractivity contribution in [2.24, 2.45) is 5.92 Å². The lowest BCUT2D eigenvalue weighted by Gasteiger charge is -2.34. The van der Waals surface area contributed by atoms with Gasteiger partial charge in [0.05, 0.1) is 11.9 Å². The first-order valence-corrected chi connectivity index (χ1v) is 12.1. The Labute approximate surface area is 198 Å². The van der Waals surface area contributed by atoms with Crippen LogP contribution in [0.4, 0.5) is 11.5 Å². The lowest BCUT2D eigenvalue weighted by molar-refractivity contribution is -0.137. The highest BCUT2D eigenvalue weighted by atomic mass is 32.1. The first-order valence-electron chi connectivity index (χ1n) is 11.3. The van der Waals surface area contributed by atoms with Crippen molar-refractivity contribution >= 4 is 44.9 Å². The predicted molar refractivity (Wildman–Crippen MR) is 134 cm³/mol. The van der Waals surface area contributed by atoms with Gasteiger partial charge in [0.2, 0.25) is 11.8 Å². The van der Waals surface area contributed by atoms with Gasteiger partial charge >= 0.3 is 0 Å². The maximum atomic E-state index is 13.0. The molecule has 0 atom stereocenters. The van der Waals surface area contributed by atoms with Gasteiger partial charge in [-0.15, -0.1) is 11.3 Å². The fraction of sp³-hybridized carbons (Fsp3) is 0.440. The summed E-state index contributed by atoms with van der Waals surface area (Å²) in [6.45, 7) is 9.81. The van der Waals surface area contributed by atoms with Crippen LogP contribution in [0.2, 0.25) is 0 Å². The van der Waals surface area contributed by atoms with Crippen LogP contribution in [0.15, 0.2) is 24.5 Å². The van der Waals surface area contributed by atoms with Crippen LogP contribution in [0, 0.1) is 33.6 Å². The van der Waals surface area contributed by atoms with Crippen LogP contribution in [0.5, 0.6) is 0 Å². The Hall–Kier alpha value is -3.00. The number of aromatic nitrogens is 2. The quantitative estimate of drug-likeness (QED) is 0.610. The van der Waals surface area contributed by atoms with E-state index in [9.17, 15) is 9.59 Å². The summed E-state index contributed by atoms with van der Waals surface area (Å²) in [5.74, 6) is 0.737. The Kier molecular flexibility index (Phi) is 6.65. The van der Waals surface area contributed by atoms with E-state index in [1.165, 1.54) is 10.4 Å². The Balaban J connectivity index is 1.35. The summed E-state index contributed by atoms with van der Waals surface area (Å²) in [6.07, 6.45) is 3.12. The maximum absolute atomic E-state index is 13.0. The zero-order valence-corrected chi connectivity index (χ0v) is 20.8. The summed E-state index contributed by atoms with van der Waals surface area (Å²) < 4.78 is 0. The average Bonchev–Trinajstić information content (AvgIpc) is 3.10. The van der Waals surface area contributed by atoms with Gasteiger partial charge in [0.1, 0.15) is 17.0 Å². The van der Waals surface area contributed by atoms with Crippen molar-refractivity contribution in [2.45, 2.75) is 40.5 Å². The number of amides is 2. The molecular weight excluding hydrogens is 434 g/mol. The number of thiophene rings is 1. The molecule has 8 heteroatoms. The largest absolute Gasteiger partial charge is 0.356 e. The minimum atomic E-state index is -0.177. The molecule has 0 spiro atoms. The molecule has 0 aliphatic carbocycles. The SMILES string of the molecule is Cc1cccc(NC(=O)CN(C)C(=O)C2CCN(c3ncnc4sc(C)c(C)c34)CC2)c1C. The number of hydrogen-bond acceptors (Lipinski definition) is 6. The molecule has 1 aliphatic heterocycles. The number of nitrogens with zero attached hydrogens (tertiary/aromatic N) is 4. The molecule has 0 radical (unpaired) electrons. The maximum Gasteiger partial charge on any atom is 0.243 e. The van der Waals surface area contributed by atoms with E-state index in [4.69, 9.17) is 0 Å². The number of hydrogen-bond donors (Lipinski definition) is 1. The number of fused-ring (bicyclic) bond motifs is 1. The topological polar surface area (TPSA) is 78.4 Å². The van der Waals surface area contributed by atoms with E-state index in [1.807, 2.05) is 32.0 Å². The van der Waals surface area contributed by atoms with Gasteiger partial charge in [0, 0.05) is 36.6 Å². The van der Waals surface area contributed by atoms with Gasteiger partial charge in [0.25, 0.3) is 0 Å². The second-order valence-corrected chi connectivity index (χ2v) is 10.1. The molecule has 1 aromatic carbocycles. The van der Waals surface area contributed by atoms with Crippen LogP contribution in [-0.2, 0) is 9.59 Å². The molecule has 2 aromatic heterocycles. The van der Waals surface area contributed by atoms with Gasteiger partial charge in [-0.1, -0.05) is 12.1 Å². The summed E-state index contributed by atoms with van der Waals surface area (Å²) in [5.41, 5.74) is 4.20. The lowest BCUT2D eigenvalue weighted by atomic mass is 9.95. The van der Waals surface area contributed by atoms with Crippen LogP contribution in [-0.4, -0.2) is 53.4 Å². The summed E-state index contributed by atoms with van der Waals surface area (Å²) in [6, 6.07) is 5.82. The first kappa shape index (κ1) is 23.2. The molecule has 33 heavy (non-hydrogen) atoms. The molecule has 0 bridgehead atoms. The van der Waals surface area contributed by atoms with Crippen molar-refractivity contribution in [3.05, 3.63) is 46.1 Å². The highest BCUT2D eigenvalue weighted by Crippen LogP contribution is 2.35. The molecular formula is C25H31N5O2S. The molecule has 3 aromatic rings. The molecule has 174 valence electrons. The molecule has 1 N–H and O–H groups in total. The second-order valence-electron chi connectivity index (χ2n) is 8.91. The van der Waals surface area contributed by atoms with Crippen LogP contribution in [0.25, 0.3) is 10.2 Å². The van der Waals surface area contributed by atoms with E-state index in [1.54, 1.807) is 29.6 Å². The highest BCUT2D eigenvalue weighted by Gasteiger charge is 2.29. The minimum absolute atomic E-state index is 0.0288. The van der Waals surface area contributed by atoms with Gasteiger partial charge in [-0.05, 0) is 63.3 Å². The Morgan fingerprint density at radius 3 is 2.58 bits per heavy atom. The third kappa shape index (κ3) is 4.71. The molecule has 1 aliphatic rings. The average molecular weight is 466 g/mol. The van der Waals surface area contributed by atoms with Crippen molar-refractivity contribution in [3.63, 3.8) is 0 Å². The summed E-state index contributed by atoms with van der Waals surface area (Å²) in [5, 5.41) is 4.07. The Morgan fingerprint density at radius 2 is 1.85 bits per heavy atom. The van der Waals surface area contributed by atoms with E-state index in [2.05, 4.69) is 34.0 Å². The van der Waals surface area contributed by atoms with E-state index in [0.717, 1.165) is 58.8 Å². The fourth-order valence-electron chi connectivity index (χ4n) is 4.42. The molecule has 7 nitrogen and oxygen atoms in total. The number of likely N-dealkylation sites (N-methyl/N-ethyl adjacent to an activating group) is 1. The smallest absolute Gasteiger partial charge is 0.243 e. The monoisotopic (exact) mass is 465 g/mol. The third-order valence-electron chi connectivity index (χ3n) is 6.72. The number of anilines is 2. The van der Waals surface area contributed by atoms with Gasteiger partial charge in [-0.25, -0.2) is 9.97 Å². The number of carbonyl (C=O) groups excluding carboxylic acids is 2. The zero-order chi connectivity index (χ0) is 23.7. The number of carbonyl (C=O) groups is 2. The second kappa shape index (κ2) is 9.47. The predicted octanol–water partition coefficient (Wildman–Crippen LogP) is 4.24. The van der Waals surface area contributed by atoms with Crippen LogP contribution in [0.3, 0.4) is 0 Å². The van der Waals surface area contributed by atoms with Crippen LogP contribution in [0.1, 0.15) is 34.4 Å². The molecule has 0 unspecified atom stereocenters. The number of nitrogens with one attached hydrogen (secondary N) is 1. The molecule has 3 heterocycles. The van der Waals surface area contributed by atoms with E-state index in [0.29, 0.717) is 0 Å². The molecule has 2 amide bonds. The van der Waals surface area contributed by atoms with Crippen molar-refractivity contribution in [1.29, 1.82) is 0 Å². The standard InChI is InChI=1S/C25H31N5O2S/c1-15-7-6-8-20(16(15)2)28-21(31)13-29(5)25(32)19-9-11-30(12-10-19)23-22-17(3)18(4)33-24(22)27-14-26-23/h6-8,14,19H,9-13H2,1-5H3,(H,28,31). The number of rotatable bonds is 5. The van der Waals surface area contributed by atoms with Gasteiger partial charge in [-0.3, -0.25) is 9.59 Å².